The summed E-state index contributed by atoms with van der Waals surface area (Å²) < 4.78 is 32.7. The highest BCUT2D eigenvalue weighted by Gasteiger charge is 2.25. The number of hydrogen-bond donors (Lipinski definition) is 1. The SMILES string of the molecule is O=C(COc1ccc(Cl)cc1)Nc1cccc(S(=O)(=O)N2CCCCCC2)c1. The second-order valence-electron chi connectivity index (χ2n) is 6.64. The summed E-state index contributed by atoms with van der Waals surface area (Å²) in [5.41, 5.74) is 0.417. The highest BCUT2D eigenvalue weighted by Crippen LogP contribution is 2.23. The van der Waals surface area contributed by atoms with Gasteiger partial charge >= 0.3 is 0 Å². The van der Waals surface area contributed by atoms with Gasteiger partial charge < -0.3 is 10.1 Å². The molecule has 0 radical (unpaired) electrons. The maximum absolute atomic E-state index is 12.9. The van der Waals surface area contributed by atoms with Crippen molar-refractivity contribution in [1.29, 1.82) is 0 Å². The van der Waals surface area contributed by atoms with Crippen molar-refractivity contribution in [3.8, 4) is 5.75 Å². The van der Waals surface area contributed by atoms with Crippen LogP contribution >= 0.6 is 11.6 Å². The molecule has 8 heteroatoms. The van der Waals surface area contributed by atoms with Gasteiger partial charge in [0.2, 0.25) is 10.0 Å². The smallest absolute Gasteiger partial charge is 0.262 e. The van der Waals surface area contributed by atoms with Crippen LogP contribution < -0.4 is 10.1 Å². The van der Waals surface area contributed by atoms with Gasteiger partial charge in [0.05, 0.1) is 4.90 Å². The molecule has 1 heterocycles. The van der Waals surface area contributed by atoms with E-state index in [1.807, 2.05) is 0 Å². The maximum Gasteiger partial charge on any atom is 0.262 e. The van der Waals surface area contributed by atoms with E-state index >= 15 is 0 Å². The van der Waals surface area contributed by atoms with Crippen molar-refractivity contribution in [2.75, 3.05) is 25.0 Å². The normalized spacial score (nSPS) is 15.6. The second-order valence-corrected chi connectivity index (χ2v) is 9.01. The Kier molecular flexibility index (Phi) is 6.93. The number of sulfonamides is 1. The maximum atomic E-state index is 12.9. The van der Waals surface area contributed by atoms with Crippen molar-refractivity contribution < 1.29 is 17.9 Å². The summed E-state index contributed by atoms with van der Waals surface area (Å²) in [6.45, 7) is 0.881. The summed E-state index contributed by atoms with van der Waals surface area (Å²) in [7, 11) is -3.56. The largest absolute Gasteiger partial charge is 0.484 e. The van der Waals surface area contributed by atoms with Gasteiger partial charge in [-0.1, -0.05) is 30.5 Å². The number of amides is 1. The van der Waals surface area contributed by atoms with E-state index in [4.69, 9.17) is 16.3 Å². The first-order chi connectivity index (χ1) is 13.4. The lowest BCUT2D eigenvalue weighted by molar-refractivity contribution is -0.118. The van der Waals surface area contributed by atoms with E-state index in [0.29, 0.717) is 29.5 Å². The van der Waals surface area contributed by atoms with E-state index in [0.717, 1.165) is 25.7 Å². The zero-order valence-electron chi connectivity index (χ0n) is 15.4. The third-order valence-corrected chi connectivity index (χ3v) is 6.65. The minimum absolute atomic E-state index is 0.186. The summed E-state index contributed by atoms with van der Waals surface area (Å²) in [5.74, 6) is 0.149. The molecular weight excluding hydrogens is 400 g/mol. The molecule has 2 aromatic carbocycles. The number of carbonyl (C=O) groups is 1. The van der Waals surface area contributed by atoms with E-state index in [9.17, 15) is 13.2 Å². The standard InChI is InChI=1S/C20H23ClN2O4S/c21-16-8-10-18(11-9-16)27-15-20(24)22-17-6-5-7-19(14-17)28(25,26)23-12-3-1-2-4-13-23/h5-11,14H,1-4,12-13,15H2,(H,22,24). The number of nitrogens with zero attached hydrogens (tertiary/aromatic N) is 1. The molecule has 0 atom stereocenters. The Morgan fingerprint density at radius 1 is 1.04 bits per heavy atom. The van der Waals surface area contributed by atoms with Crippen LogP contribution in [0.2, 0.25) is 5.02 Å². The summed E-state index contributed by atoms with van der Waals surface area (Å²) in [4.78, 5) is 12.3. The van der Waals surface area contributed by atoms with Crippen LogP contribution in [0, 0.1) is 0 Å². The fourth-order valence-electron chi connectivity index (χ4n) is 3.04. The molecule has 1 saturated heterocycles. The van der Waals surface area contributed by atoms with Crippen LogP contribution in [0.25, 0.3) is 0 Å². The molecule has 0 saturated carbocycles. The number of nitrogens with one attached hydrogen (secondary N) is 1. The van der Waals surface area contributed by atoms with Gasteiger partial charge in [-0.2, -0.15) is 4.31 Å². The summed E-state index contributed by atoms with van der Waals surface area (Å²) in [5, 5.41) is 3.26. The highest BCUT2D eigenvalue weighted by molar-refractivity contribution is 7.89. The topological polar surface area (TPSA) is 75.7 Å². The number of halogens is 1. The third-order valence-electron chi connectivity index (χ3n) is 4.50. The summed E-state index contributed by atoms with van der Waals surface area (Å²) >= 11 is 5.81. The van der Waals surface area contributed by atoms with Gasteiger partial charge in [-0.05, 0) is 55.3 Å². The Labute approximate surface area is 170 Å². The van der Waals surface area contributed by atoms with Gasteiger partial charge in [0, 0.05) is 23.8 Å². The van der Waals surface area contributed by atoms with Crippen molar-refractivity contribution in [1.82, 2.24) is 4.31 Å². The fraction of sp³-hybridized carbons (Fsp3) is 0.350. The molecule has 3 rings (SSSR count). The van der Waals surface area contributed by atoms with E-state index in [1.54, 1.807) is 42.5 Å². The molecule has 2 aromatic rings. The Balaban J connectivity index is 1.63. The Bertz CT molecular complexity index is 908. The predicted octanol–water partition coefficient (Wildman–Crippen LogP) is 3.92. The lowest BCUT2D eigenvalue weighted by Gasteiger charge is -2.20. The first-order valence-electron chi connectivity index (χ1n) is 9.23. The van der Waals surface area contributed by atoms with Gasteiger partial charge in [-0.3, -0.25) is 4.79 Å². The Morgan fingerprint density at radius 2 is 1.71 bits per heavy atom. The van der Waals surface area contributed by atoms with Crippen LogP contribution in [-0.4, -0.2) is 38.3 Å². The average molecular weight is 423 g/mol. The fourth-order valence-corrected chi connectivity index (χ4v) is 4.73. The van der Waals surface area contributed by atoms with Gasteiger partial charge in [0.15, 0.2) is 6.61 Å². The molecule has 0 bridgehead atoms. The monoisotopic (exact) mass is 422 g/mol. The number of hydrogen-bond acceptors (Lipinski definition) is 4. The van der Waals surface area contributed by atoms with Crippen LogP contribution in [-0.2, 0) is 14.8 Å². The molecular formula is C20H23ClN2O4S. The Hall–Kier alpha value is -2.09. The van der Waals surface area contributed by atoms with E-state index in [1.165, 1.54) is 10.4 Å². The molecule has 1 N–H and O–H groups in total. The van der Waals surface area contributed by atoms with E-state index in [2.05, 4.69) is 5.32 Å². The first kappa shape index (κ1) is 20.6. The molecule has 0 unspecified atom stereocenters. The summed E-state index contributed by atoms with van der Waals surface area (Å²) in [6.07, 6.45) is 3.85. The van der Waals surface area contributed by atoms with Crippen LogP contribution in [0.1, 0.15) is 25.7 Å². The quantitative estimate of drug-likeness (QED) is 0.765. The molecule has 28 heavy (non-hydrogen) atoms. The van der Waals surface area contributed by atoms with Gasteiger partial charge in [0.1, 0.15) is 5.75 Å². The molecule has 0 aromatic heterocycles. The zero-order valence-corrected chi connectivity index (χ0v) is 17.0. The zero-order chi connectivity index (χ0) is 20.0. The van der Waals surface area contributed by atoms with E-state index in [-0.39, 0.29) is 17.4 Å². The van der Waals surface area contributed by atoms with Crippen LogP contribution in [0.3, 0.4) is 0 Å². The van der Waals surface area contributed by atoms with Crippen molar-refractivity contribution in [2.24, 2.45) is 0 Å². The molecule has 6 nitrogen and oxygen atoms in total. The highest BCUT2D eigenvalue weighted by atomic mass is 35.5. The van der Waals surface area contributed by atoms with Crippen LogP contribution in [0.5, 0.6) is 5.75 Å². The minimum Gasteiger partial charge on any atom is -0.484 e. The van der Waals surface area contributed by atoms with Crippen LogP contribution in [0.4, 0.5) is 5.69 Å². The van der Waals surface area contributed by atoms with Gasteiger partial charge in [-0.15, -0.1) is 0 Å². The molecule has 1 aliphatic rings. The number of carbonyl (C=O) groups excluding carboxylic acids is 1. The lowest BCUT2D eigenvalue weighted by Crippen LogP contribution is -2.32. The van der Waals surface area contributed by atoms with Crippen LogP contribution in [0.15, 0.2) is 53.4 Å². The molecule has 1 amide bonds. The van der Waals surface area contributed by atoms with Crippen molar-refractivity contribution >= 4 is 33.2 Å². The lowest BCUT2D eigenvalue weighted by atomic mass is 10.2. The van der Waals surface area contributed by atoms with Crippen molar-refractivity contribution in [2.45, 2.75) is 30.6 Å². The van der Waals surface area contributed by atoms with Crippen molar-refractivity contribution in [3.63, 3.8) is 0 Å². The minimum atomic E-state index is -3.56. The number of anilines is 1. The predicted molar refractivity (Wildman–Crippen MR) is 109 cm³/mol. The van der Waals surface area contributed by atoms with E-state index < -0.39 is 10.0 Å². The third kappa shape index (κ3) is 5.47. The molecule has 1 fully saturated rings. The average Bonchev–Trinajstić information content (AvgIpc) is 2.98. The van der Waals surface area contributed by atoms with Crippen molar-refractivity contribution in [3.05, 3.63) is 53.6 Å². The molecule has 1 aliphatic heterocycles. The Morgan fingerprint density at radius 3 is 2.39 bits per heavy atom. The number of rotatable bonds is 6. The number of ether oxygens (including phenoxy) is 1. The van der Waals surface area contributed by atoms with Gasteiger partial charge in [0.25, 0.3) is 5.91 Å². The first-order valence-corrected chi connectivity index (χ1v) is 11.1. The van der Waals surface area contributed by atoms with Gasteiger partial charge in [-0.25, -0.2) is 8.42 Å². The molecule has 0 spiro atoms. The molecule has 150 valence electrons. The number of benzene rings is 2. The second kappa shape index (κ2) is 9.41. The molecule has 0 aliphatic carbocycles. The summed E-state index contributed by atoms with van der Waals surface area (Å²) in [6, 6.07) is 13.0.